The van der Waals surface area contributed by atoms with Gasteiger partial charge in [0.1, 0.15) is 22.7 Å². The maximum Gasteiger partial charge on any atom is 0.387 e. The fourth-order valence-electron chi connectivity index (χ4n) is 5.52. The second-order valence-electron chi connectivity index (χ2n) is 12.3. The first kappa shape index (κ1) is 37.7. The Hall–Kier alpha value is -5.06. The molecule has 0 spiro atoms. The van der Waals surface area contributed by atoms with Crippen LogP contribution < -0.4 is 18.9 Å². The van der Waals surface area contributed by atoms with Gasteiger partial charge in [-0.05, 0) is 78.8 Å². The Morgan fingerprint density at radius 2 is 1.70 bits per heavy atom. The largest absolute Gasteiger partial charge is 0.619 e. The van der Waals surface area contributed by atoms with Crippen LogP contribution in [0.3, 0.4) is 0 Å². The third kappa shape index (κ3) is 9.49. The van der Waals surface area contributed by atoms with E-state index in [-0.39, 0.29) is 80.6 Å². The second-order valence-corrected chi connectivity index (χ2v) is 15.0. The molecule has 1 fully saturated rings. The number of nitrogens with zero attached hydrogens (tertiary/aromatic N) is 3. The zero-order chi connectivity index (χ0) is 37.9. The van der Waals surface area contributed by atoms with E-state index in [1.807, 2.05) is 0 Å². The van der Waals surface area contributed by atoms with Crippen molar-refractivity contribution in [1.82, 2.24) is 9.88 Å². The number of carbonyl (C=O) groups is 3. The summed E-state index contributed by atoms with van der Waals surface area (Å²) >= 11 is 12.6. The number of amides is 2. The van der Waals surface area contributed by atoms with Gasteiger partial charge in [0.15, 0.2) is 23.9 Å². The average Bonchev–Trinajstić information content (AvgIpc) is 3.91. The fraction of sp³-hybridized carbons (Fsp3) is 0.286. The number of nitrogens with one attached hydrogen (secondary N) is 1. The van der Waals surface area contributed by atoms with Crippen molar-refractivity contribution in [2.45, 2.75) is 38.4 Å². The van der Waals surface area contributed by atoms with Crippen LogP contribution in [0.1, 0.15) is 56.4 Å². The van der Waals surface area contributed by atoms with Crippen molar-refractivity contribution in [3.63, 3.8) is 0 Å². The standard InChI is InChI=1S/C35H30Cl2F2N4O9S/c36-27-16-42(47)17-28(37)26(27)15-30(22-3-6-29(52-35(38)39)31(13-22)50-19-21-1-2-21)51-32(44)18-43-33(45)24-5-4-23(14-25(24)34(43)46)41-53(48,49)12-9-20-7-10-40-11-8-20/h3-8,10-11,13-14,16-17,21,30,35,41H,1-2,9,12,15,18-19H2/t30-/m0/s1. The van der Waals surface area contributed by atoms with Gasteiger partial charge in [0.2, 0.25) is 10.0 Å². The van der Waals surface area contributed by atoms with Crippen molar-refractivity contribution in [2.24, 2.45) is 5.92 Å². The lowest BCUT2D eigenvalue weighted by Crippen LogP contribution is -2.36. The molecule has 0 saturated heterocycles. The number of anilines is 1. The summed E-state index contributed by atoms with van der Waals surface area (Å²) < 4.78 is 70.9. The summed E-state index contributed by atoms with van der Waals surface area (Å²) in [5, 5.41) is 11.8. The zero-order valence-corrected chi connectivity index (χ0v) is 29.9. The molecule has 1 atom stereocenters. The van der Waals surface area contributed by atoms with Gasteiger partial charge in [-0.25, -0.2) is 8.42 Å². The van der Waals surface area contributed by atoms with Crippen molar-refractivity contribution in [2.75, 3.05) is 23.6 Å². The Morgan fingerprint density at radius 1 is 1.00 bits per heavy atom. The van der Waals surface area contributed by atoms with E-state index in [4.69, 9.17) is 32.7 Å². The van der Waals surface area contributed by atoms with Crippen LogP contribution in [0.15, 0.2) is 73.3 Å². The summed E-state index contributed by atoms with van der Waals surface area (Å²) in [6, 6.07) is 11.1. The first-order valence-electron chi connectivity index (χ1n) is 16.1. The molecule has 0 unspecified atom stereocenters. The van der Waals surface area contributed by atoms with Gasteiger partial charge in [0, 0.05) is 30.1 Å². The predicted octanol–water partition coefficient (Wildman–Crippen LogP) is 5.52. The molecule has 3 heterocycles. The molecule has 13 nitrogen and oxygen atoms in total. The number of ether oxygens (including phenoxy) is 3. The third-order valence-electron chi connectivity index (χ3n) is 8.39. The molecule has 278 valence electrons. The Morgan fingerprint density at radius 3 is 2.38 bits per heavy atom. The summed E-state index contributed by atoms with van der Waals surface area (Å²) in [7, 11) is -3.85. The van der Waals surface area contributed by atoms with E-state index < -0.39 is 47.1 Å². The van der Waals surface area contributed by atoms with Gasteiger partial charge in [-0.1, -0.05) is 29.3 Å². The normalized spacial score (nSPS) is 14.6. The van der Waals surface area contributed by atoms with E-state index in [0.29, 0.717) is 9.63 Å². The van der Waals surface area contributed by atoms with Gasteiger partial charge < -0.3 is 19.4 Å². The number of hydrogen-bond donors (Lipinski definition) is 1. The number of rotatable bonds is 16. The lowest BCUT2D eigenvalue weighted by molar-refractivity contribution is -0.605. The Balaban J connectivity index is 1.20. The minimum absolute atomic E-state index is 0.0393. The molecular weight excluding hydrogens is 761 g/mol. The van der Waals surface area contributed by atoms with Gasteiger partial charge in [-0.3, -0.25) is 29.0 Å². The van der Waals surface area contributed by atoms with Gasteiger partial charge in [0.25, 0.3) is 11.8 Å². The van der Waals surface area contributed by atoms with E-state index in [9.17, 15) is 36.8 Å². The van der Waals surface area contributed by atoms with Crippen LogP contribution in [-0.4, -0.2) is 61.6 Å². The molecule has 4 aromatic rings. The van der Waals surface area contributed by atoms with Crippen LogP contribution in [0.4, 0.5) is 14.5 Å². The number of hydrogen-bond acceptors (Lipinski definition) is 10. The molecule has 53 heavy (non-hydrogen) atoms. The van der Waals surface area contributed by atoms with Crippen molar-refractivity contribution in [3.8, 4) is 11.5 Å². The molecule has 1 N–H and O–H groups in total. The predicted molar refractivity (Wildman–Crippen MR) is 186 cm³/mol. The highest BCUT2D eigenvalue weighted by Crippen LogP contribution is 2.38. The SMILES string of the molecule is O=C(CN1C(=O)c2ccc(NS(=O)(=O)CCc3ccncc3)cc2C1=O)O[C@@H](Cc1c(Cl)c[n+]([O-])cc1Cl)c1ccc(OC(F)F)c(OCC2CC2)c1. The van der Waals surface area contributed by atoms with Gasteiger partial charge in [-0.2, -0.15) is 13.5 Å². The fourth-order valence-corrected chi connectivity index (χ4v) is 7.21. The van der Waals surface area contributed by atoms with Crippen LogP contribution >= 0.6 is 23.2 Å². The van der Waals surface area contributed by atoms with Gasteiger partial charge in [-0.15, -0.1) is 0 Å². The Bertz CT molecular complexity index is 2140. The molecule has 1 aliphatic heterocycles. The maximum atomic E-state index is 13.5. The highest BCUT2D eigenvalue weighted by Gasteiger charge is 2.38. The van der Waals surface area contributed by atoms with Crippen molar-refractivity contribution < 1.29 is 50.5 Å². The molecule has 0 radical (unpaired) electrons. The first-order chi connectivity index (χ1) is 25.3. The molecule has 6 rings (SSSR count). The molecule has 1 aliphatic carbocycles. The lowest BCUT2D eigenvalue weighted by Gasteiger charge is -2.22. The molecule has 2 aromatic heterocycles. The number of fused-ring (bicyclic) bond motifs is 1. The highest BCUT2D eigenvalue weighted by molar-refractivity contribution is 7.92. The number of carbonyl (C=O) groups excluding carboxylic acids is 3. The lowest BCUT2D eigenvalue weighted by atomic mass is 10.0. The molecular formula is C35H30Cl2F2N4O9S. The van der Waals surface area contributed by atoms with Gasteiger partial charge in [0.05, 0.1) is 23.5 Å². The van der Waals surface area contributed by atoms with Crippen LogP contribution in [-0.2, 0) is 32.4 Å². The Kier molecular flexibility index (Phi) is 11.3. The van der Waals surface area contributed by atoms with E-state index in [0.717, 1.165) is 30.8 Å². The topological polar surface area (TPSA) is 168 Å². The van der Waals surface area contributed by atoms with Crippen molar-refractivity contribution in [3.05, 3.63) is 116 Å². The van der Waals surface area contributed by atoms with E-state index >= 15 is 0 Å². The number of sulfonamides is 1. The third-order valence-corrected chi connectivity index (χ3v) is 10.3. The highest BCUT2D eigenvalue weighted by atomic mass is 35.5. The van der Waals surface area contributed by atoms with E-state index in [2.05, 4.69) is 14.4 Å². The molecule has 1 saturated carbocycles. The number of halogens is 4. The van der Waals surface area contributed by atoms with Crippen LogP contribution in [0.2, 0.25) is 10.0 Å². The summed E-state index contributed by atoms with van der Waals surface area (Å²) in [5.41, 5.74) is 1.06. The molecule has 2 amide bonds. The van der Waals surface area contributed by atoms with Gasteiger partial charge >= 0.3 is 12.6 Å². The summed E-state index contributed by atoms with van der Waals surface area (Å²) in [4.78, 5) is 44.7. The number of benzene rings is 2. The van der Waals surface area contributed by atoms with E-state index in [1.54, 1.807) is 24.5 Å². The quantitative estimate of drug-likeness (QED) is 0.0661. The second kappa shape index (κ2) is 15.9. The first-order valence-corrected chi connectivity index (χ1v) is 18.5. The maximum absolute atomic E-state index is 13.5. The number of imide groups is 1. The minimum Gasteiger partial charge on any atom is -0.619 e. The monoisotopic (exact) mass is 790 g/mol. The smallest absolute Gasteiger partial charge is 0.387 e. The molecule has 2 aliphatic rings. The van der Waals surface area contributed by atoms with Crippen molar-refractivity contribution in [1.29, 1.82) is 0 Å². The number of aryl methyl sites for hydroxylation is 1. The molecule has 0 bridgehead atoms. The van der Waals surface area contributed by atoms with Crippen LogP contribution in [0, 0.1) is 11.1 Å². The summed E-state index contributed by atoms with van der Waals surface area (Å²) in [5.74, 6) is -3.02. The Labute approximate surface area is 312 Å². The summed E-state index contributed by atoms with van der Waals surface area (Å²) in [6.45, 7) is -3.75. The summed E-state index contributed by atoms with van der Waals surface area (Å²) in [6.07, 6.45) is 5.76. The number of aromatic nitrogens is 2. The minimum atomic E-state index is -3.85. The van der Waals surface area contributed by atoms with E-state index in [1.165, 1.54) is 36.4 Å². The molecule has 2 aromatic carbocycles. The number of pyridine rings is 2. The number of esters is 1. The van der Waals surface area contributed by atoms with Crippen molar-refractivity contribution >= 4 is 56.7 Å². The van der Waals surface area contributed by atoms with Crippen LogP contribution in [0.5, 0.6) is 11.5 Å². The average molecular weight is 792 g/mol. The number of alkyl halides is 2. The zero-order valence-electron chi connectivity index (χ0n) is 27.5. The molecule has 18 heteroatoms. The van der Waals surface area contributed by atoms with Crippen LogP contribution in [0.25, 0.3) is 0 Å².